The summed E-state index contributed by atoms with van der Waals surface area (Å²) in [7, 11) is 0. The number of rotatable bonds is 2. The summed E-state index contributed by atoms with van der Waals surface area (Å²) in [5, 5.41) is 10.6. The molecule has 2 saturated carbocycles. The number of aliphatic hydroxyl groups is 1. The van der Waals surface area contributed by atoms with Crippen LogP contribution < -0.4 is 0 Å². The van der Waals surface area contributed by atoms with Gasteiger partial charge in [0.05, 0.1) is 0 Å². The second-order valence-electron chi connectivity index (χ2n) is 7.86. The van der Waals surface area contributed by atoms with Crippen molar-refractivity contribution in [3.63, 3.8) is 0 Å². The molecule has 0 aromatic heterocycles. The lowest BCUT2D eigenvalue weighted by Gasteiger charge is -2.53. The monoisotopic (exact) mass is 334 g/mol. The molecule has 0 aromatic carbocycles. The molecule has 0 radical (unpaired) electrons. The van der Waals surface area contributed by atoms with E-state index in [4.69, 9.17) is 4.74 Å². The molecule has 0 bridgehead atoms. The van der Waals surface area contributed by atoms with Crippen LogP contribution in [0.1, 0.15) is 60.8 Å². The fraction of sp³-hybridized carbons (Fsp3) is 0.700. The number of carbonyl (C=O) groups excluding carboxylic acids is 2. The quantitative estimate of drug-likeness (QED) is 0.619. The maximum absolute atomic E-state index is 12.5. The zero-order valence-electron chi connectivity index (χ0n) is 15.7. The first-order valence-corrected chi connectivity index (χ1v) is 8.86. The van der Waals surface area contributed by atoms with Crippen molar-refractivity contribution in [2.45, 2.75) is 73.0 Å². The smallest absolute Gasteiger partial charge is 0.333 e. The Morgan fingerprint density at radius 1 is 1.29 bits per heavy atom. The maximum Gasteiger partial charge on any atom is 0.333 e. The van der Waals surface area contributed by atoms with Crippen LogP contribution in [0.3, 0.4) is 0 Å². The second-order valence-corrected chi connectivity index (χ2v) is 7.86. The van der Waals surface area contributed by atoms with Gasteiger partial charge in [-0.05, 0) is 69.8 Å². The molecule has 0 heterocycles. The number of ether oxygens (including phenoxy) is 1. The van der Waals surface area contributed by atoms with Crippen molar-refractivity contribution in [1.29, 1.82) is 0 Å². The molecular formula is C20H30O4. The summed E-state index contributed by atoms with van der Waals surface area (Å²) in [5.74, 6) is -0.376. The van der Waals surface area contributed by atoms with Gasteiger partial charge in [0.15, 0.2) is 5.78 Å². The summed E-state index contributed by atoms with van der Waals surface area (Å²) in [4.78, 5) is 24.6. The van der Waals surface area contributed by atoms with Crippen LogP contribution in [-0.4, -0.2) is 29.1 Å². The number of aliphatic hydroxyl groups excluding tert-OH is 1. The van der Waals surface area contributed by atoms with Gasteiger partial charge < -0.3 is 9.84 Å². The average Bonchev–Trinajstić information content (AvgIpc) is 2.54. The highest BCUT2D eigenvalue weighted by Gasteiger charge is 2.55. The third-order valence-corrected chi connectivity index (χ3v) is 6.33. The minimum Gasteiger partial charge on any atom is -0.459 e. The summed E-state index contributed by atoms with van der Waals surface area (Å²) in [6.07, 6.45) is 2.69. The van der Waals surface area contributed by atoms with E-state index in [1.165, 1.54) is 0 Å². The standard InChI is InChI=1S/C20H30O4/c1-7-12(4)19(23)24-16-9-8-15-18(22)17(21)14(11(2)3)10-20(15,6)13(16)5/h7,13,15-16,18,22H,8-10H2,1-6H3/b12-7+/t13-,15+,16+,18+,20+/m0/s1. The molecule has 2 fully saturated rings. The molecule has 0 saturated heterocycles. The lowest BCUT2D eigenvalue weighted by Crippen LogP contribution is -2.55. The number of hydrogen-bond acceptors (Lipinski definition) is 4. The molecule has 2 rings (SSSR count). The van der Waals surface area contributed by atoms with Crippen molar-refractivity contribution in [1.82, 2.24) is 0 Å². The van der Waals surface area contributed by atoms with Crippen LogP contribution in [0.2, 0.25) is 0 Å². The van der Waals surface area contributed by atoms with E-state index in [0.29, 0.717) is 24.8 Å². The summed E-state index contributed by atoms with van der Waals surface area (Å²) >= 11 is 0. The van der Waals surface area contributed by atoms with Gasteiger partial charge in [0.25, 0.3) is 0 Å². The third-order valence-electron chi connectivity index (χ3n) is 6.33. The van der Waals surface area contributed by atoms with E-state index in [1.807, 2.05) is 20.8 Å². The summed E-state index contributed by atoms with van der Waals surface area (Å²) in [5.41, 5.74) is 2.07. The van der Waals surface area contributed by atoms with E-state index in [-0.39, 0.29) is 35.1 Å². The Morgan fingerprint density at radius 2 is 1.92 bits per heavy atom. The molecule has 5 atom stereocenters. The Hall–Kier alpha value is -1.42. The van der Waals surface area contributed by atoms with E-state index in [9.17, 15) is 14.7 Å². The lowest BCUT2D eigenvalue weighted by molar-refractivity contribution is -0.165. The number of allylic oxidation sites excluding steroid dienone is 2. The highest BCUT2D eigenvalue weighted by Crippen LogP contribution is 2.54. The van der Waals surface area contributed by atoms with Gasteiger partial charge in [-0.1, -0.05) is 25.5 Å². The van der Waals surface area contributed by atoms with Gasteiger partial charge in [0, 0.05) is 5.57 Å². The van der Waals surface area contributed by atoms with Crippen LogP contribution >= 0.6 is 0 Å². The first-order chi connectivity index (χ1) is 11.1. The number of esters is 1. The van der Waals surface area contributed by atoms with Crippen molar-refractivity contribution >= 4 is 11.8 Å². The summed E-state index contributed by atoms with van der Waals surface area (Å²) in [6.45, 7) is 11.6. The molecule has 0 unspecified atom stereocenters. The van der Waals surface area contributed by atoms with Gasteiger partial charge >= 0.3 is 5.97 Å². The van der Waals surface area contributed by atoms with Crippen molar-refractivity contribution < 1.29 is 19.4 Å². The van der Waals surface area contributed by atoms with Gasteiger partial charge in [0.1, 0.15) is 12.2 Å². The van der Waals surface area contributed by atoms with Crippen molar-refractivity contribution in [3.05, 3.63) is 22.8 Å². The minimum atomic E-state index is -0.940. The number of hydrogen-bond donors (Lipinski definition) is 1. The number of carbonyl (C=O) groups is 2. The van der Waals surface area contributed by atoms with Crippen LogP contribution in [-0.2, 0) is 14.3 Å². The van der Waals surface area contributed by atoms with E-state index in [2.05, 4.69) is 13.8 Å². The molecule has 4 nitrogen and oxygen atoms in total. The SMILES string of the molecule is C/C=C(\C)C(=O)O[C@@H]1CC[C@@H]2[C@@H](O)C(=O)C(=C(C)C)C[C@]2(C)[C@H]1C. The Morgan fingerprint density at radius 3 is 2.46 bits per heavy atom. The first kappa shape index (κ1) is 18.9. The van der Waals surface area contributed by atoms with E-state index >= 15 is 0 Å². The van der Waals surface area contributed by atoms with Gasteiger partial charge in [0.2, 0.25) is 0 Å². The van der Waals surface area contributed by atoms with Crippen LogP contribution in [0.4, 0.5) is 0 Å². The molecule has 24 heavy (non-hydrogen) atoms. The Labute approximate surface area is 145 Å². The van der Waals surface area contributed by atoms with Gasteiger partial charge in [-0.25, -0.2) is 4.79 Å². The third kappa shape index (κ3) is 3.08. The van der Waals surface area contributed by atoms with Crippen LogP contribution in [0.25, 0.3) is 0 Å². The Kier molecular flexibility index (Phi) is 5.38. The molecule has 4 heteroatoms. The topological polar surface area (TPSA) is 63.6 Å². The predicted octanol–water partition coefficient (Wildman–Crippen LogP) is 3.59. The highest BCUT2D eigenvalue weighted by atomic mass is 16.5. The maximum atomic E-state index is 12.5. The highest BCUT2D eigenvalue weighted by molar-refractivity contribution is 6.00. The minimum absolute atomic E-state index is 0.0686. The fourth-order valence-corrected chi connectivity index (χ4v) is 4.26. The second kappa shape index (κ2) is 6.83. The lowest BCUT2D eigenvalue weighted by atomic mass is 9.53. The Balaban J connectivity index is 2.29. The van der Waals surface area contributed by atoms with Gasteiger partial charge in [-0.2, -0.15) is 0 Å². The molecule has 0 aliphatic heterocycles. The number of ketones is 1. The van der Waals surface area contributed by atoms with E-state index in [0.717, 1.165) is 11.1 Å². The van der Waals surface area contributed by atoms with Gasteiger partial charge in [-0.3, -0.25) is 4.79 Å². The summed E-state index contributed by atoms with van der Waals surface area (Å²) in [6, 6.07) is 0. The van der Waals surface area contributed by atoms with Crippen molar-refractivity contribution in [3.8, 4) is 0 Å². The van der Waals surface area contributed by atoms with Gasteiger partial charge in [-0.15, -0.1) is 0 Å². The number of Topliss-reactive ketones (excluding diaryl/α,β-unsaturated/α-hetero) is 1. The van der Waals surface area contributed by atoms with E-state index in [1.54, 1.807) is 13.0 Å². The molecule has 0 amide bonds. The molecule has 2 aliphatic carbocycles. The Bertz CT molecular complexity index is 597. The largest absolute Gasteiger partial charge is 0.459 e. The average molecular weight is 334 g/mol. The molecule has 2 aliphatic rings. The fourth-order valence-electron chi connectivity index (χ4n) is 4.26. The van der Waals surface area contributed by atoms with Crippen molar-refractivity contribution in [2.75, 3.05) is 0 Å². The van der Waals surface area contributed by atoms with Crippen LogP contribution in [0.15, 0.2) is 22.8 Å². The predicted molar refractivity (Wildman–Crippen MR) is 93.3 cm³/mol. The summed E-state index contributed by atoms with van der Waals surface area (Å²) < 4.78 is 5.74. The molecular weight excluding hydrogens is 304 g/mol. The van der Waals surface area contributed by atoms with Crippen LogP contribution in [0, 0.1) is 17.3 Å². The molecule has 0 spiro atoms. The molecule has 134 valence electrons. The molecule has 1 N–H and O–H groups in total. The zero-order chi connectivity index (χ0) is 18.2. The number of fused-ring (bicyclic) bond motifs is 1. The van der Waals surface area contributed by atoms with Crippen molar-refractivity contribution in [2.24, 2.45) is 17.3 Å². The molecule has 0 aromatic rings. The van der Waals surface area contributed by atoms with E-state index < -0.39 is 6.10 Å². The normalized spacial score (nSPS) is 37.0. The van der Waals surface area contributed by atoms with Crippen LogP contribution in [0.5, 0.6) is 0 Å². The zero-order valence-corrected chi connectivity index (χ0v) is 15.7. The first-order valence-electron chi connectivity index (χ1n) is 8.86.